The van der Waals surface area contributed by atoms with Gasteiger partial charge in [-0.2, -0.15) is 5.10 Å². The molecule has 0 atom stereocenters. The van der Waals surface area contributed by atoms with Crippen LogP contribution in [-0.4, -0.2) is 50.6 Å². The van der Waals surface area contributed by atoms with Crippen LogP contribution in [0.1, 0.15) is 15.2 Å². The smallest absolute Gasteiger partial charge is 0.353 e. The number of hydrazone groups is 1. The van der Waals surface area contributed by atoms with Gasteiger partial charge in [-0.3, -0.25) is 5.01 Å². The maximum absolute atomic E-state index is 12.0. The zero-order valence-electron chi connectivity index (χ0n) is 13.3. The standard InChI is InChI=1S/C17H18N2O4S/c1-21-15-11-13(12-18-19-6-8-22-9-7-19)4-5-14(15)23-17(20)16-3-2-10-24-16/h2-5,10-12H,6-9H2,1H3. The van der Waals surface area contributed by atoms with Gasteiger partial charge in [0.1, 0.15) is 4.88 Å². The van der Waals surface area contributed by atoms with Crippen molar-refractivity contribution in [1.29, 1.82) is 0 Å². The van der Waals surface area contributed by atoms with E-state index in [0.29, 0.717) is 29.6 Å². The maximum atomic E-state index is 12.0. The van der Waals surface area contributed by atoms with E-state index in [4.69, 9.17) is 14.2 Å². The van der Waals surface area contributed by atoms with Crippen molar-refractivity contribution in [1.82, 2.24) is 5.01 Å². The summed E-state index contributed by atoms with van der Waals surface area (Å²) >= 11 is 1.34. The third kappa shape index (κ3) is 4.12. The van der Waals surface area contributed by atoms with Crippen LogP contribution in [-0.2, 0) is 4.74 Å². The quantitative estimate of drug-likeness (QED) is 0.473. The lowest BCUT2D eigenvalue weighted by molar-refractivity contribution is 0.0397. The molecule has 2 heterocycles. The van der Waals surface area contributed by atoms with Gasteiger partial charge in [0.2, 0.25) is 0 Å². The number of esters is 1. The first kappa shape index (κ1) is 16.5. The number of thiophene rings is 1. The van der Waals surface area contributed by atoms with Crippen molar-refractivity contribution in [3.8, 4) is 11.5 Å². The van der Waals surface area contributed by atoms with Crippen LogP contribution in [0.2, 0.25) is 0 Å². The summed E-state index contributed by atoms with van der Waals surface area (Å²) in [5, 5.41) is 8.22. The number of benzene rings is 1. The predicted molar refractivity (Wildman–Crippen MR) is 92.3 cm³/mol. The first-order valence-electron chi connectivity index (χ1n) is 7.56. The molecule has 1 aromatic heterocycles. The number of ether oxygens (including phenoxy) is 3. The lowest BCUT2D eigenvalue weighted by Crippen LogP contribution is -2.32. The van der Waals surface area contributed by atoms with Crippen LogP contribution >= 0.6 is 11.3 Å². The third-order valence-corrected chi connectivity index (χ3v) is 4.32. The molecule has 3 rings (SSSR count). The molecular formula is C17H18N2O4S. The molecule has 0 radical (unpaired) electrons. The van der Waals surface area contributed by atoms with E-state index < -0.39 is 5.97 Å². The van der Waals surface area contributed by atoms with Gasteiger partial charge < -0.3 is 14.2 Å². The average molecular weight is 346 g/mol. The highest BCUT2D eigenvalue weighted by Crippen LogP contribution is 2.28. The largest absolute Gasteiger partial charge is 0.493 e. The SMILES string of the molecule is COc1cc(C=NN2CCOCC2)ccc1OC(=O)c1cccs1. The molecule has 1 aromatic carbocycles. The number of hydrogen-bond donors (Lipinski definition) is 0. The number of carbonyl (C=O) groups is 1. The Labute approximate surface area is 144 Å². The van der Waals surface area contributed by atoms with Crippen molar-refractivity contribution in [2.75, 3.05) is 33.4 Å². The Bertz CT molecular complexity index is 709. The minimum absolute atomic E-state index is 0.388. The lowest BCUT2D eigenvalue weighted by atomic mass is 10.2. The molecular weight excluding hydrogens is 328 g/mol. The summed E-state index contributed by atoms with van der Waals surface area (Å²) in [5.41, 5.74) is 0.870. The highest BCUT2D eigenvalue weighted by atomic mass is 32.1. The van der Waals surface area contributed by atoms with Crippen molar-refractivity contribution in [2.24, 2.45) is 5.10 Å². The molecule has 0 aliphatic carbocycles. The highest BCUT2D eigenvalue weighted by Gasteiger charge is 2.13. The molecule has 1 aliphatic heterocycles. The molecule has 24 heavy (non-hydrogen) atoms. The van der Waals surface area contributed by atoms with E-state index in [1.54, 1.807) is 31.5 Å². The van der Waals surface area contributed by atoms with Crippen LogP contribution in [0.3, 0.4) is 0 Å². The molecule has 0 bridgehead atoms. The summed E-state index contributed by atoms with van der Waals surface area (Å²) in [6, 6.07) is 8.88. The number of morpholine rings is 1. The van der Waals surface area contributed by atoms with Gasteiger partial charge in [0.05, 0.1) is 39.6 Å². The van der Waals surface area contributed by atoms with E-state index in [9.17, 15) is 4.79 Å². The van der Waals surface area contributed by atoms with E-state index >= 15 is 0 Å². The second-order valence-corrected chi connectivity index (χ2v) is 6.04. The van der Waals surface area contributed by atoms with Gasteiger partial charge in [-0.25, -0.2) is 4.79 Å². The van der Waals surface area contributed by atoms with Crippen LogP contribution in [0.4, 0.5) is 0 Å². The minimum atomic E-state index is -0.391. The minimum Gasteiger partial charge on any atom is -0.493 e. The van der Waals surface area contributed by atoms with Gasteiger partial charge in [0, 0.05) is 0 Å². The zero-order chi connectivity index (χ0) is 16.8. The monoisotopic (exact) mass is 346 g/mol. The summed E-state index contributed by atoms with van der Waals surface area (Å²) in [5.74, 6) is 0.489. The van der Waals surface area contributed by atoms with Gasteiger partial charge in [0.25, 0.3) is 0 Å². The van der Waals surface area contributed by atoms with Crippen LogP contribution in [0.25, 0.3) is 0 Å². The van der Waals surface area contributed by atoms with Gasteiger partial charge in [-0.15, -0.1) is 11.3 Å². The lowest BCUT2D eigenvalue weighted by Gasteiger charge is -2.23. The Hall–Kier alpha value is -2.38. The van der Waals surface area contributed by atoms with E-state index in [1.807, 2.05) is 22.5 Å². The molecule has 6 nitrogen and oxygen atoms in total. The summed E-state index contributed by atoms with van der Waals surface area (Å²) in [6.07, 6.45) is 1.76. The number of nitrogens with zero attached hydrogens (tertiary/aromatic N) is 2. The predicted octanol–water partition coefficient (Wildman–Crippen LogP) is 2.64. The number of rotatable bonds is 5. The Morgan fingerprint density at radius 2 is 2.12 bits per heavy atom. The highest BCUT2D eigenvalue weighted by molar-refractivity contribution is 7.12. The Balaban J connectivity index is 1.70. The molecule has 0 N–H and O–H groups in total. The fraction of sp³-hybridized carbons (Fsp3) is 0.294. The molecule has 1 fully saturated rings. The van der Waals surface area contributed by atoms with Gasteiger partial charge >= 0.3 is 5.97 Å². The summed E-state index contributed by atoms with van der Waals surface area (Å²) < 4.78 is 16.0. The maximum Gasteiger partial charge on any atom is 0.353 e. The van der Waals surface area contributed by atoms with Crippen LogP contribution in [0.5, 0.6) is 11.5 Å². The average Bonchev–Trinajstić information content (AvgIpc) is 3.16. The number of hydrogen-bond acceptors (Lipinski definition) is 7. The summed E-state index contributed by atoms with van der Waals surface area (Å²) in [4.78, 5) is 12.6. The van der Waals surface area contributed by atoms with Gasteiger partial charge in [-0.1, -0.05) is 6.07 Å². The van der Waals surface area contributed by atoms with E-state index in [-0.39, 0.29) is 0 Å². The fourth-order valence-electron chi connectivity index (χ4n) is 2.21. The van der Waals surface area contributed by atoms with Crippen LogP contribution in [0.15, 0.2) is 40.8 Å². The zero-order valence-corrected chi connectivity index (χ0v) is 14.1. The molecule has 0 amide bonds. The topological polar surface area (TPSA) is 60.4 Å². The van der Waals surface area contributed by atoms with Crippen molar-refractivity contribution >= 4 is 23.5 Å². The van der Waals surface area contributed by atoms with E-state index in [1.165, 1.54) is 11.3 Å². The molecule has 7 heteroatoms. The Morgan fingerprint density at radius 3 is 2.83 bits per heavy atom. The van der Waals surface area contributed by atoms with Crippen molar-refractivity contribution < 1.29 is 19.0 Å². The second-order valence-electron chi connectivity index (χ2n) is 5.09. The normalized spacial score (nSPS) is 14.8. The Kier molecular flexibility index (Phi) is 5.45. The molecule has 126 valence electrons. The van der Waals surface area contributed by atoms with E-state index in [0.717, 1.165) is 18.7 Å². The van der Waals surface area contributed by atoms with Crippen molar-refractivity contribution in [3.63, 3.8) is 0 Å². The summed E-state index contributed by atoms with van der Waals surface area (Å²) in [6.45, 7) is 2.95. The number of methoxy groups -OCH3 is 1. The van der Waals surface area contributed by atoms with Crippen LogP contribution in [0, 0.1) is 0 Å². The second kappa shape index (κ2) is 7.94. The van der Waals surface area contributed by atoms with Gasteiger partial charge in [-0.05, 0) is 35.2 Å². The van der Waals surface area contributed by atoms with Crippen molar-refractivity contribution in [3.05, 3.63) is 46.2 Å². The third-order valence-electron chi connectivity index (χ3n) is 3.47. The van der Waals surface area contributed by atoms with Crippen molar-refractivity contribution in [2.45, 2.75) is 0 Å². The Morgan fingerprint density at radius 1 is 1.29 bits per heavy atom. The van der Waals surface area contributed by atoms with E-state index in [2.05, 4.69) is 5.10 Å². The van der Waals surface area contributed by atoms with Crippen LogP contribution < -0.4 is 9.47 Å². The molecule has 1 aliphatic rings. The first-order valence-corrected chi connectivity index (χ1v) is 8.44. The number of carbonyl (C=O) groups excluding carboxylic acids is 1. The van der Waals surface area contributed by atoms with Gasteiger partial charge in [0.15, 0.2) is 11.5 Å². The molecule has 1 saturated heterocycles. The summed E-state index contributed by atoms with van der Waals surface area (Å²) in [7, 11) is 1.54. The first-order chi connectivity index (χ1) is 11.8. The molecule has 0 unspecified atom stereocenters. The molecule has 0 spiro atoms. The molecule has 0 saturated carbocycles. The molecule has 2 aromatic rings. The fourth-order valence-corrected chi connectivity index (χ4v) is 2.81.